The molecule has 2 nitrogen and oxygen atoms in total. The van der Waals surface area contributed by atoms with Crippen molar-refractivity contribution in [3.8, 4) is 11.5 Å². The number of hydrogen-bond acceptors (Lipinski definition) is 2. The molecule has 0 N–H and O–H groups in total. The van der Waals surface area contributed by atoms with Crippen molar-refractivity contribution < 1.29 is 9.47 Å². The largest absolute Gasteiger partial charge is 0.493 e. The fraction of sp³-hybridized carbons (Fsp3) is 0.333. The van der Waals surface area contributed by atoms with Gasteiger partial charge in [0.15, 0.2) is 0 Å². The molecule has 2 aromatic rings. The van der Waals surface area contributed by atoms with Gasteiger partial charge < -0.3 is 9.47 Å². The van der Waals surface area contributed by atoms with Crippen molar-refractivity contribution in [3.05, 3.63) is 59.2 Å². The molecule has 0 saturated heterocycles. The smallest absolute Gasteiger partial charge is 0.119 e. The SMILES string of the molecule is Cc1cccc(OCCCOc2cc(C)cc(C)c2)c1. The zero-order valence-corrected chi connectivity index (χ0v) is 12.5. The van der Waals surface area contributed by atoms with Gasteiger partial charge >= 0.3 is 0 Å². The molecule has 0 radical (unpaired) electrons. The molecule has 0 aliphatic carbocycles. The zero-order chi connectivity index (χ0) is 14.4. The van der Waals surface area contributed by atoms with Crippen molar-refractivity contribution in [1.82, 2.24) is 0 Å². The van der Waals surface area contributed by atoms with Crippen LogP contribution in [0.1, 0.15) is 23.1 Å². The average molecular weight is 270 g/mol. The Morgan fingerprint density at radius 2 is 1.30 bits per heavy atom. The highest BCUT2D eigenvalue weighted by atomic mass is 16.5. The highest BCUT2D eigenvalue weighted by Crippen LogP contribution is 2.16. The molecule has 2 heteroatoms. The molecule has 0 aliphatic rings. The number of hydrogen-bond donors (Lipinski definition) is 0. The standard InChI is InChI=1S/C18H22O2/c1-14-6-4-7-17(11-14)19-8-5-9-20-18-12-15(2)10-16(3)13-18/h4,6-7,10-13H,5,8-9H2,1-3H3. The van der Waals surface area contributed by atoms with Gasteiger partial charge in [-0.3, -0.25) is 0 Å². The summed E-state index contributed by atoms with van der Waals surface area (Å²) in [4.78, 5) is 0. The molecule has 2 aromatic carbocycles. The summed E-state index contributed by atoms with van der Waals surface area (Å²) in [5, 5.41) is 0. The fourth-order valence-corrected chi connectivity index (χ4v) is 2.16. The predicted molar refractivity (Wildman–Crippen MR) is 82.7 cm³/mol. The van der Waals surface area contributed by atoms with E-state index in [9.17, 15) is 0 Å². The van der Waals surface area contributed by atoms with E-state index in [-0.39, 0.29) is 0 Å². The lowest BCUT2D eigenvalue weighted by Crippen LogP contribution is -2.05. The Hall–Kier alpha value is -1.96. The van der Waals surface area contributed by atoms with Crippen molar-refractivity contribution in [2.75, 3.05) is 13.2 Å². The van der Waals surface area contributed by atoms with Crippen LogP contribution in [-0.2, 0) is 0 Å². The number of ether oxygens (including phenoxy) is 2. The summed E-state index contributed by atoms with van der Waals surface area (Å²) in [6, 6.07) is 14.4. The van der Waals surface area contributed by atoms with Crippen LogP contribution in [0.25, 0.3) is 0 Å². The second-order valence-corrected chi connectivity index (χ2v) is 5.19. The molecule has 0 saturated carbocycles. The Morgan fingerprint density at radius 3 is 1.95 bits per heavy atom. The topological polar surface area (TPSA) is 18.5 Å². The summed E-state index contributed by atoms with van der Waals surface area (Å²) >= 11 is 0. The average Bonchev–Trinajstić information content (AvgIpc) is 2.37. The first-order valence-corrected chi connectivity index (χ1v) is 7.04. The van der Waals surface area contributed by atoms with Crippen LogP contribution in [0, 0.1) is 20.8 Å². The van der Waals surface area contributed by atoms with E-state index in [2.05, 4.69) is 45.0 Å². The predicted octanol–water partition coefficient (Wildman–Crippen LogP) is 4.46. The van der Waals surface area contributed by atoms with Crippen LogP contribution in [0.3, 0.4) is 0 Å². The quantitative estimate of drug-likeness (QED) is 0.721. The van der Waals surface area contributed by atoms with Crippen LogP contribution in [0.4, 0.5) is 0 Å². The number of rotatable bonds is 6. The highest BCUT2D eigenvalue weighted by Gasteiger charge is 1.98. The lowest BCUT2D eigenvalue weighted by Gasteiger charge is -2.09. The van der Waals surface area contributed by atoms with Gasteiger partial charge in [0.1, 0.15) is 11.5 Å². The number of benzene rings is 2. The molecule has 2 rings (SSSR count). The van der Waals surface area contributed by atoms with Crippen LogP contribution in [-0.4, -0.2) is 13.2 Å². The summed E-state index contributed by atoms with van der Waals surface area (Å²) in [5.74, 6) is 1.87. The molecule has 0 heterocycles. The van der Waals surface area contributed by atoms with Crippen LogP contribution in [0.2, 0.25) is 0 Å². The molecule has 0 spiro atoms. The summed E-state index contributed by atoms with van der Waals surface area (Å²) in [6.45, 7) is 7.58. The molecular formula is C18H22O2. The van der Waals surface area contributed by atoms with Crippen LogP contribution in [0.5, 0.6) is 11.5 Å². The van der Waals surface area contributed by atoms with Gasteiger partial charge in [-0.2, -0.15) is 0 Å². The van der Waals surface area contributed by atoms with Gasteiger partial charge in [-0.25, -0.2) is 0 Å². The van der Waals surface area contributed by atoms with E-state index >= 15 is 0 Å². The molecule has 0 fully saturated rings. The third-order valence-corrected chi connectivity index (χ3v) is 3.01. The summed E-state index contributed by atoms with van der Waals surface area (Å²) < 4.78 is 11.4. The third-order valence-electron chi connectivity index (χ3n) is 3.01. The van der Waals surface area contributed by atoms with Crippen molar-refractivity contribution in [2.24, 2.45) is 0 Å². The minimum absolute atomic E-state index is 0.675. The minimum Gasteiger partial charge on any atom is -0.493 e. The maximum Gasteiger partial charge on any atom is 0.119 e. The van der Waals surface area contributed by atoms with E-state index in [4.69, 9.17) is 9.47 Å². The van der Waals surface area contributed by atoms with Gasteiger partial charge in [0.25, 0.3) is 0 Å². The van der Waals surface area contributed by atoms with Gasteiger partial charge in [-0.05, 0) is 61.7 Å². The first kappa shape index (κ1) is 14.4. The van der Waals surface area contributed by atoms with Gasteiger partial charge in [0.05, 0.1) is 13.2 Å². The molecule has 0 unspecified atom stereocenters. The molecule has 106 valence electrons. The van der Waals surface area contributed by atoms with Gasteiger partial charge in [-0.1, -0.05) is 18.2 Å². The molecular weight excluding hydrogens is 248 g/mol. The van der Waals surface area contributed by atoms with E-state index in [1.54, 1.807) is 0 Å². The van der Waals surface area contributed by atoms with Crippen molar-refractivity contribution in [1.29, 1.82) is 0 Å². The van der Waals surface area contributed by atoms with Crippen LogP contribution in [0.15, 0.2) is 42.5 Å². The second kappa shape index (κ2) is 6.99. The fourth-order valence-electron chi connectivity index (χ4n) is 2.16. The first-order chi connectivity index (χ1) is 9.63. The zero-order valence-electron chi connectivity index (χ0n) is 12.5. The number of aryl methyl sites for hydroxylation is 3. The van der Waals surface area contributed by atoms with E-state index in [1.165, 1.54) is 16.7 Å². The first-order valence-electron chi connectivity index (χ1n) is 7.04. The van der Waals surface area contributed by atoms with E-state index < -0.39 is 0 Å². The minimum atomic E-state index is 0.675. The maximum absolute atomic E-state index is 5.75. The van der Waals surface area contributed by atoms with Crippen molar-refractivity contribution in [3.63, 3.8) is 0 Å². The van der Waals surface area contributed by atoms with E-state index in [0.29, 0.717) is 13.2 Å². The lowest BCUT2D eigenvalue weighted by molar-refractivity contribution is 0.247. The summed E-state index contributed by atoms with van der Waals surface area (Å²) in [6.07, 6.45) is 0.876. The Bertz CT molecular complexity index is 541. The Balaban J connectivity index is 1.71. The van der Waals surface area contributed by atoms with Crippen LogP contribution >= 0.6 is 0 Å². The Labute approximate surface area is 121 Å². The maximum atomic E-state index is 5.75. The van der Waals surface area contributed by atoms with E-state index in [0.717, 1.165) is 17.9 Å². The molecule has 0 bridgehead atoms. The molecule has 0 amide bonds. The molecule has 0 atom stereocenters. The Morgan fingerprint density at radius 1 is 0.700 bits per heavy atom. The van der Waals surface area contributed by atoms with Crippen LogP contribution < -0.4 is 9.47 Å². The molecule has 0 aliphatic heterocycles. The Kier molecular flexibility index (Phi) is 5.05. The van der Waals surface area contributed by atoms with Crippen molar-refractivity contribution in [2.45, 2.75) is 27.2 Å². The lowest BCUT2D eigenvalue weighted by atomic mass is 10.1. The highest BCUT2D eigenvalue weighted by molar-refractivity contribution is 5.33. The van der Waals surface area contributed by atoms with Gasteiger partial charge in [-0.15, -0.1) is 0 Å². The van der Waals surface area contributed by atoms with E-state index in [1.807, 2.05) is 18.2 Å². The second-order valence-electron chi connectivity index (χ2n) is 5.19. The third kappa shape index (κ3) is 4.61. The monoisotopic (exact) mass is 270 g/mol. The van der Waals surface area contributed by atoms with Crippen molar-refractivity contribution >= 4 is 0 Å². The van der Waals surface area contributed by atoms with Gasteiger partial charge in [0.2, 0.25) is 0 Å². The molecule has 20 heavy (non-hydrogen) atoms. The normalized spacial score (nSPS) is 10.3. The summed E-state index contributed by atoms with van der Waals surface area (Å²) in [7, 11) is 0. The van der Waals surface area contributed by atoms with Gasteiger partial charge in [0, 0.05) is 6.42 Å². The summed E-state index contributed by atoms with van der Waals surface area (Å²) in [5.41, 5.74) is 3.68. The molecule has 0 aromatic heterocycles.